The van der Waals surface area contributed by atoms with Crippen LogP contribution in [0.15, 0.2) is 18.2 Å². The fourth-order valence-corrected chi connectivity index (χ4v) is 1.71. The van der Waals surface area contributed by atoms with Crippen molar-refractivity contribution in [3.05, 3.63) is 29.6 Å². The van der Waals surface area contributed by atoms with Gasteiger partial charge in [-0.2, -0.15) is 0 Å². The minimum atomic E-state index is -0.126. The molecule has 2 heteroatoms. The second kappa shape index (κ2) is 2.77. The number of anilines is 1. The van der Waals surface area contributed by atoms with E-state index in [1.54, 1.807) is 6.07 Å². The van der Waals surface area contributed by atoms with Gasteiger partial charge in [0.1, 0.15) is 5.82 Å². The number of benzene rings is 1. The first-order chi connectivity index (χ1) is 5.79. The van der Waals surface area contributed by atoms with Crippen molar-refractivity contribution in [3.63, 3.8) is 0 Å². The maximum Gasteiger partial charge on any atom is 0.146 e. The molecule has 1 unspecified atom stereocenters. The molecule has 1 heterocycles. The third kappa shape index (κ3) is 1.07. The Morgan fingerprint density at radius 2 is 2.33 bits per heavy atom. The van der Waals surface area contributed by atoms with Crippen molar-refractivity contribution in [2.24, 2.45) is 0 Å². The highest BCUT2D eigenvalue weighted by Crippen LogP contribution is 2.32. The number of rotatable bonds is 0. The number of para-hydroxylation sites is 1. The van der Waals surface area contributed by atoms with Crippen LogP contribution in [0.1, 0.15) is 24.8 Å². The van der Waals surface area contributed by atoms with Crippen LogP contribution >= 0.6 is 0 Å². The Morgan fingerprint density at radius 1 is 1.50 bits per heavy atom. The first kappa shape index (κ1) is 7.59. The van der Waals surface area contributed by atoms with Gasteiger partial charge >= 0.3 is 0 Å². The molecule has 1 N–H and O–H groups in total. The fraction of sp³-hybridized carbons (Fsp3) is 0.400. The van der Waals surface area contributed by atoms with Crippen LogP contribution in [0, 0.1) is 5.82 Å². The highest BCUT2D eigenvalue weighted by molar-refractivity contribution is 5.55. The van der Waals surface area contributed by atoms with Gasteiger partial charge in [0.2, 0.25) is 0 Å². The minimum absolute atomic E-state index is 0.126. The highest BCUT2D eigenvalue weighted by atomic mass is 19.1. The van der Waals surface area contributed by atoms with Gasteiger partial charge in [0.15, 0.2) is 0 Å². The molecule has 12 heavy (non-hydrogen) atoms. The third-order valence-corrected chi connectivity index (χ3v) is 2.46. The molecule has 0 fully saturated rings. The summed E-state index contributed by atoms with van der Waals surface area (Å²) in [7, 11) is 0. The minimum Gasteiger partial charge on any atom is -0.382 e. The first-order valence-electron chi connectivity index (χ1n) is 4.31. The normalized spacial score (nSPS) is 21.3. The van der Waals surface area contributed by atoms with Crippen molar-refractivity contribution >= 4 is 5.69 Å². The van der Waals surface area contributed by atoms with Gasteiger partial charge in [0.25, 0.3) is 0 Å². The molecule has 64 valence electrons. The van der Waals surface area contributed by atoms with Crippen LogP contribution in [0.4, 0.5) is 10.1 Å². The van der Waals surface area contributed by atoms with E-state index < -0.39 is 0 Å². The number of halogens is 1. The summed E-state index contributed by atoms with van der Waals surface area (Å²) in [5.41, 5.74) is 1.82. The molecule has 1 aliphatic heterocycles. The second-order valence-electron chi connectivity index (χ2n) is 3.32. The van der Waals surface area contributed by atoms with Gasteiger partial charge in [-0.25, -0.2) is 4.39 Å². The molecule has 0 aliphatic carbocycles. The van der Waals surface area contributed by atoms with Crippen LogP contribution in [0.25, 0.3) is 0 Å². The Kier molecular flexibility index (Phi) is 1.75. The van der Waals surface area contributed by atoms with E-state index in [0.717, 1.165) is 18.5 Å². The molecule has 0 bridgehead atoms. The predicted octanol–water partition coefficient (Wildman–Crippen LogP) is 2.74. The Bertz CT molecular complexity index is 296. The summed E-state index contributed by atoms with van der Waals surface area (Å²) in [5, 5.41) is 3.09. The summed E-state index contributed by atoms with van der Waals surface area (Å²) in [6.45, 7) is 3.02. The lowest BCUT2D eigenvalue weighted by Crippen LogP contribution is -2.15. The number of nitrogens with one attached hydrogen (secondary N) is 1. The molecule has 0 saturated carbocycles. The molecule has 0 aromatic heterocycles. The van der Waals surface area contributed by atoms with Gasteiger partial charge in [-0.1, -0.05) is 19.1 Å². The molecular weight excluding hydrogens is 153 g/mol. The van der Waals surface area contributed by atoms with Crippen molar-refractivity contribution in [3.8, 4) is 0 Å². The number of fused-ring (bicyclic) bond motifs is 1. The van der Waals surface area contributed by atoms with Crippen LogP contribution in [0.3, 0.4) is 0 Å². The zero-order chi connectivity index (χ0) is 8.55. The molecule has 1 aromatic rings. The van der Waals surface area contributed by atoms with Crippen molar-refractivity contribution in [2.75, 3.05) is 11.9 Å². The molecule has 0 saturated heterocycles. The summed E-state index contributed by atoms with van der Waals surface area (Å²) in [5.74, 6) is 0.357. The maximum atomic E-state index is 13.2. The number of hydrogen-bond donors (Lipinski definition) is 1. The third-order valence-electron chi connectivity index (χ3n) is 2.46. The van der Waals surface area contributed by atoms with Gasteiger partial charge in [-0.3, -0.25) is 0 Å². The van der Waals surface area contributed by atoms with E-state index in [1.807, 2.05) is 6.07 Å². The van der Waals surface area contributed by atoms with Gasteiger partial charge in [0.05, 0.1) is 5.69 Å². The van der Waals surface area contributed by atoms with E-state index in [9.17, 15) is 4.39 Å². The van der Waals surface area contributed by atoms with Crippen LogP contribution in [0.5, 0.6) is 0 Å². The van der Waals surface area contributed by atoms with Crippen molar-refractivity contribution in [2.45, 2.75) is 19.3 Å². The van der Waals surface area contributed by atoms with Crippen LogP contribution in [0.2, 0.25) is 0 Å². The average molecular weight is 165 g/mol. The van der Waals surface area contributed by atoms with E-state index in [-0.39, 0.29) is 5.82 Å². The van der Waals surface area contributed by atoms with E-state index in [2.05, 4.69) is 12.2 Å². The van der Waals surface area contributed by atoms with Gasteiger partial charge in [0, 0.05) is 6.54 Å². The summed E-state index contributed by atoms with van der Waals surface area (Å²) >= 11 is 0. The Balaban J connectivity index is 2.52. The Morgan fingerprint density at radius 3 is 3.08 bits per heavy atom. The van der Waals surface area contributed by atoms with Gasteiger partial charge < -0.3 is 5.32 Å². The fourth-order valence-electron chi connectivity index (χ4n) is 1.71. The molecule has 1 atom stereocenters. The van der Waals surface area contributed by atoms with Crippen molar-refractivity contribution < 1.29 is 4.39 Å². The van der Waals surface area contributed by atoms with Crippen LogP contribution in [-0.2, 0) is 0 Å². The Hall–Kier alpha value is -1.05. The standard InChI is InChI=1S/C10H12FN/c1-7-5-6-12-10-8(7)3-2-4-9(10)11/h2-4,7,12H,5-6H2,1H3. The molecule has 1 aromatic carbocycles. The summed E-state index contributed by atoms with van der Waals surface area (Å²) in [6, 6.07) is 5.27. The topological polar surface area (TPSA) is 12.0 Å². The monoisotopic (exact) mass is 165 g/mol. The van der Waals surface area contributed by atoms with E-state index in [4.69, 9.17) is 0 Å². The second-order valence-corrected chi connectivity index (χ2v) is 3.32. The summed E-state index contributed by atoms with van der Waals surface area (Å²) < 4.78 is 13.2. The van der Waals surface area contributed by atoms with E-state index >= 15 is 0 Å². The lowest BCUT2D eigenvalue weighted by atomic mass is 9.93. The van der Waals surface area contributed by atoms with Gasteiger partial charge in [-0.15, -0.1) is 0 Å². The molecule has 0 spiro atoms. The molecule has 1 nitrogen and oxygen atoms in total. The van der Waals surface area contributed by atoms with E-state index in [0.29, 0.717) is 11.6 Å². The smallest absolute Gasteiger partial charge is 0.146 e. The molecule has 0 amide bonds. The van der Waals surface area contributed by atoms with Crippen LogP contribution in [-0.4, -0.2) is 6.54 Å². The van der Waals surface area contributed by atoms with Gasteiger partial charge in [-0.05, 0) is 24.0 Å². The lowest BCUT2D eigenvalue weighted by molar-refractivity contribution is 0.608. The summed E-state index contributed by atoms with van der Waals surface area (Å²) in [6.07, 6.45) is 1.09. The zero-order valence-electron chi connectivity index (χ0n) is 7.10. The SMILES string of the molecule is CC1CCNc2c(F)cccc21. The van der Waals surface area contributed by atoms with Crippen LogP contribution < -0.4 is 5.32 Å². The molecule has 0 radical (unpaired) electrons. The quantitative estimate of drug-likeness (QED) is 0.623. The Labute approximate surface area is 71.6 Å². The largest absolute Gasteiger partial charge is 0.382 e. The molecule has 1 aliphatic rings. The summed E-state index contributed by atoms with van der Waals surface area (Å²) in [4.78, 5) is 0. The molecular formula is C10H12FN. The van der Waals surface area contributed by atoms with E-state index in [1.165, 1.54) is 6.07 Å². The lowest BCUT2D eigenvalue weighted by Gasteiger charge is -2.23. The van der Waals surface area contributed by atoms with Crippen molar-refractivity contribution in [1.29, 1.82) is 0 Å². The average Bonchev–Trinajstić information content (AvgIpc) is 2.07. The molecule has 2 rings (SSSR count). The zero-order valence-corrected chi connectivity index (χ0v) is 7.10. The maximum absolute atomic E-state index is 13.2. The number of hydrogen-bond acceptors (Lipinski definition) is 1. The first-order valence-corrected chi connectivity index (χ1v) is 4.31. The van der Waals surface area contributed by atoms with Crippen molar-refractivity contribution in [1.82, 2.24) is 0 Å². The predicted molar refractivity (Wildman–Crippen MR) is 47.9 cm³/mol. The highest BCUT2D eigenvalue weighted by Gasteiger charge is 2.17.